The second-order valence-corrected chi connectivity index (χ2v) is 3.72. The number of amidine groups is 1. The Morgan fingerprint density at radius 3 is 2.73 bits per heavy atom. The lowest BCUT2D eigenvalue weighted by Gasteiger charge is -2.02. The number of thioether (sulfide) groups is 1. The van der Waals surface area contributed by atoms with Crippen LogP contribution in [-0.4, -0.2) is 36.1 Å². The lowest BCUT2D eigenvalue weighted by molar-refractivity contribution is -0.134. The number of nitrogens with one attached hydrogen (secondary N) is 1. The molecular formula is C9H10N2O3S. The minimum Gasteiger partial charge on any atom is -0.466 e. The van der Waals surface area contributed by atoms with Gasteiger partial charge in [-0.3, -0.25) is 15.1 Å². The SMILES string of the molecule is COC(=O)/C=C/C=C1\SC(=N)N(C)C1=O. The zero-order chi connectivity index (χ0) is 11.4. The highest BCUT2D eigenvalue weighted by atomic mass is 32.2. The first-order valence-corrected chi connectivity index (χ1v) is 4.88. The molecule has 1 heterocycles. The maximum atomic E-state index is 11.4. The minimum atomic E-state index is -0.481. The third-order valence-corrected chi connectivity index (χ3v) is 2.71. The highest BCUT2D eigenvalue weighted by Crippen LogP contribution is 2.28. The highest BCUT2D eigenvalue weighted by molar-refractivity contribution is 8.18. The minimum absolute atomic E-state index is 0.178. The van der Waals surface area contributed by atoms with Gasteiger partial charge in [-0.25, -0.2) is 4.79 Å². The molecule has 0 aliphatic carbocycles. The van der Waals surface area contributed by atoms with Crippen molar-refractivity contribution < 1.29 is 14.3 Å². The molecule has 0 aromatic carbocycles. The monoisotopic (exact) mass is 226 g/mol. The number of hydrogen-bond donors (Lipinski definition) is 1. The van der Waals surface area contributed by atoms with Crippen LogP contribution in [0.3, 0.4) is 0 Å². The van der Waals surface area contributed by atoms with Gasteiger partial charge in [0.2, 0.25) is 0 Å². The van der Waals surface area contributed by atoms with E-state index in [-0.39, 0.29) is 11.1 Å². The summed E-state index contributed by atoms with van der Waals surface area (Å²) in [7, 11) is 2.81. The summed E-state index contributed by atoms with van der Waals surface area (Å²) in [4.78, 5) is 23.8. The number of rotatable bonds is 2. The first kappa shape index (κ1) is 11.5. The van der Waals surface area contributed by atoms with Gasteiger partial charge in [-0.2, -0.15) is 0 Å². The van der Waals surface area contributed by atoms with E-state index < -0.39 is 5.97 Å². The molecule has 0 radical (unpaired) electrons. The molecule has 0 bridgehead atoms. The van der Waals surface area contributed by atoms with Gasteiger partial charge in [0.15, 0.2) is 5.17 Å². The number of carbonyl (C=O) groups excluding carboxylic acids is 2. The van der Waals surface area contributed by atoms with Crippen LogP contribution in [0.15, 0.2) is 23.1 Å². The molecule has 6 heteroatoms. The number of ether oxygens (including phenoxy) is 1. The summed E-state index contributed by atoms with van der Waals surface area (Å²) in [6.07, 6.45) is 4.13. The average Bonchev–Trinajstić information content (AvgIpc) is 2.46. The molecule has 1 N–H and O–H groups in total. The second-order valence-electron chi connectivity index (χ2n) is 2.68. The Morgan fingerprint density at radius 1 is 1.60 bits per heavy atom. The van der Waals surface area contributed by atoms with Crippen LogP contribution in [0.1, 0.15) is 0 Å². The number of allylic oxidation sites excluding steroid dienone is 2. The number of nitrogens with zero attached hydrogens (tertiary/aromatic N) is 1. The van der Waals surface area contributed by atoms with Crippen molar-refractivity contribution >= 4 is 28.8 Å². The van der Waals surface area contributed by atoms with Gasteiger partial charge in [0, 0.05) is 13.1 Å². The summed E-state index contributed by atoms with van der Waals surface area (Å²) in [5.41, 5.74) is 0. The van der Waals surface area contributed by atoms with Crippen LogP contribution in [0.4, 0.5) is 0 Å². The molecular weight excluding hydrogens is 216 g/mol. The van der Waals surface area contributed by atoms with E-state index >= 15 is 0 Å². The summed E-state index contributed by atoms with van der Waals surface area (Å²) >= 11 is 1.06. The van der Waals surface area contributed by atoms with Crippen molar-refractivity contribution in [3.05, 3.63) is 23.1 Å². The van der Waals surface area contributed by atoms with Crippen LogP contribution in [0, 0.1) is 5.41 Å². The molecule has 1 aliphatic rings. The predicted octanol–water partition coefficient (Wildman–Crippen LogP) is 0.739. The van der Waals surface area contributed by atoms with Gasteiger partial charge in [-0.1, -0.05) is 6.08 Å². The van der Waals surface area contributed by atoms with Crippen LogP contribution < -0.4 is 0 Å². The second kappa shape index (κ2) is 4.79. The first-order chi connectivity index (χ1) is 7.06. The van der Waals surface area contributed by atoms with E-state index in [1.165, 1.54) is 37.3 Å². The highest BCUT2D eigenvalue weighted by Gasteiger charge is 2.28. The molecule has 1 aliphatic heterocycles. The molecule has 1 fully saturated rings. The summed E-state index contributed by atoms with van der Waals surface area (Å²) in [5, 5.41) is 7.56. The van der Waals surface area contributed by atoms with Crippen molar-refractivity contribution in [2.24, 2.45) is 0 Å². The number of esters is 1. The van der Waals surface area contributed by atoms with E-state index in [1.807, 2.05) is 0 Å². The third kappa shape index (κ3) is 2.69. The van der Waals surface area contributed by atoms with Crippen molar-refractivity contribution in [2.45, 2.75) is 0 Å². The summed E-state index contributed by atoms with van der Waals surface area (Å²) in [6, 6.07) is 0. The van der Waals surface area contributed by atoms with Crippen LogP contribution >= 0.6 is 11.8 Å². The van der Waals surface area contributed by atoms with Gasteiger partial charge in [0.1, 0.15) is 0 Å². The van der Waals surface area contributed by atoms with E-state index in [9.17, 15) is 9.59 Å². The maximum Gasteiger partial charge on any atom is 0.330 e. The fourth-order valence-corrected chi connectivity index (χ4v) is 1.66. The van der Waals surface area contributed by atoms with Gasteiger partial charge in [0.05, 0.1) is 12.0 Å². The van der Waals surface area contributed by atoms with Crippen molar-refractivity contribution in [2.75, 3.05) is 14.2 Å². The number of methoxy groups -OCH3 is 1. The molecule has 1 amide bonds. The molecule has 0 unspecified atom stereocenters. The van der Waals surface area contributed by atoms with Gasteiger partial charge < -0.3 is 4.74 Å². The number of carbonyl (C=O) groups is 2. The number of likely N-dealkylation sites (N-methyl/N-ethyl adjacent to an activating group) is 1. The lowest BCUT2D eigenvalue weighted by Crippen LogP contribution is -2.22. The van der Waals surface area contributed by atoms with E-state index in [1.54, 1.807) is 0 Å². The molecule has 0 saturated carbocycles. The molecule has 0 aromatic rings. The van der Waals surface area contributed by atoms with E-state index in [0.717, 1.165) is 11.8 Å². The fraction of sp³-hybridized carbons (Fsp3) is 0.222. The first-order valence-electron chi connectivity index (χ1n) is 4.07. The Kier molecular flexibility index (Phi) is 3.68. The van der Waals surface area contributed by atoms with Crippen molar-refractivity contribution in [1.29, 1.82) is 5.41 Å². The lowest BCUT2D eigenvalue weighted by atomic mass is 10.4. The summed E-state index contributed by atoms with van der Waals surface area (Å²) in [5.74, 6) is -0.717. The van der Waals surface area contributed by atoms with E-state index in [2.05, 4.69) is 4.74 Å². The van der Waals surface area contributed by atoms with E-state index in [0.29, 0.717) is 4.91 Å². The largest absolute Gasteiger partial charge is 0.466 e. The molecule has 80 valence electrons. The van der Waals surface area contributed by atoms with Gasteiger partial charge in [-0.15, -0.1) is 0 Å². The smallest absolute Gasteiger partial charge is 0.330 e. The number of hydrogen-bond acceptors (Lipinski definition) is 5. The van der Waals surface area contributed by atoms with Gasteiger partial charge >= 0.3 is 5.97 Å². The fourth-order valence-electron chi connectivity index (χ4n) is 0.861. The Hall–Kier alpha value is -1.56. The Morgan fingerprint density at radius 2 is 2.27 bits per heavy atom. The zero-order valence-electron chi connectivity index (χ0n) is 8.31. The average molecular weight is 226 g/mol. The molecule has 1 rings (SSSR count). The predicted molar refractivity (Wildman–Crippen MR) is 57.3 cm³/mol. The van der Waals surface area contributed by atoms with Crippen molar-refractivity contribution in [3.63, 3.8) is 0 Å². The van der Waals surface area contributed by atoms with Crippen molar-refractivity contribution in [1.82, 2.24) is 4.90 Å². The van der Waals surface area contributed by atoms with E-state index in [4.69, 9.17) is 5.41 Å². The van der Waals surface area contributed by atoms with Crippen LogP contribution in [0.5, 0.6) is 0 Å². The van der Waals surface area contributed by atoms with Crippen LogP contribution in [-0.2, 0) is 14.3 Å². The third-order valence-electron chi connectivity index (χ3n) is 1.71. The molecule has 0 aromatic heterocycles. The standard InChI is InChI=1S/C9H10N2O3S/c1-11-8(13)6(15-9(11)10)4-3-5-7(12)14-2/h3-5,10H,1-2H3/b5-3+,6-4-,10-9?. The Balaban J connectivity index is 2.70. The Labute approximate surface area is 91.3 Å². The molecule has 1 saturated heterocycles. The topological polar surface area (TPSA) is 70.5 Å². The quantitative estimate of drug-likeness (QED) is 0.557. The maximum absolute atomic E-state index is 11.4. The van der Waals surface area contributed by atoms with Crippen LogP contribution in [0.2, 0.25) is 0 Å². The molecule has 0 spiro atoms. The summed E-state index contributed by atoms with van der Waals surface area (Å²) in [6.45, 7) is 0. The van der Waals surface area contributed by atoms with Gasteiger partial charge in [-0.05, 0) is 17.8 Å². The molecule has 0 atom stereocenters. The van der Waals surface area contributed by atoms with Crippen molar-refractivity contribution in [3.8, 4) is 0 Å². The molecule has 15 heavy (non-hydrogen) atoms. The normalized spacial score (nSPS) is 19.3. The molecule has 5 nitrogen and oxygen atoms in total. The summed E-state index contributed by atoms with van der Waals surface area (Å²) < 4.78 is 4.38. The Bertz CT molecular complexity index is 374. The van der Waals surface area contributed by atoms with Gasteiger partial charge in [0.25, 0.3) is 5.91 Å². The number of amides is 1. The zero-order valence-corrected chi connectivity index (χ0v) is 9.13. The van der Waals surface area contributed by atoms with Crippen LogP contribution in [0.25, 0.3) is 0 Å².